The van der Waals surface area contributed by atoms with Crippen LogP contribution in [0, 0.1) is 0 Å². The molecule has 18 heavy (non-hydrogen) atoms. The Labute approximate surface area is 113 Å². The zero-order valence-corrected chi connectivity index (χ0v) is 11.8. The van der Waals surface area contributed by atoms with E-state index in [1.165, 1.54) is 0 Å². The second-order valence-corrected chi connectivity index (χ2v) is 5.11. The molecule has 1 aromatic rings. The number of aromatic nitrogens is 1. The van der Waals surface area contributed by atoms with E-state index in [-0.39, 0.29) is 5.91 Å². The van der Waals surface area contributed by atoms with Crippen LogP contribution in [-0.2, 0) is 6.42 Å². The molecular weight excluding hydrogens is 246 g/mol. The van der Waals surface area contributed by atoms with Crippen LogP contribution in [0.2, 0.25) is 0 Å². The van der Waals surface area contributed by atoms with E-state index in [1.54, 1.807) is 17.8 Å². The highest BCUT2D eigenvalue weighted by molar-refractivity contribution is 7.98. The maximum absolute atomic E-state index is 11.9. The molecule has 5 heteroatoms. The van der Waals surface area contributed by atoms with E-state index in [0.717, 1.165) is 30.7 Å². The van der Waals surface area contributed by atoms with E-state index < -0.39 is 0 Å². The second-order valence-electron chi connectivity index (χ2n) is 4.12. The molecule has 1 heterocycles. The average Bonchev–Trinajstić information content (AvgIpc) is 2.34. The van der Waals surface area contributed by atoms with E-state index in [9.17, 15) is 4.79 Å². The molecule has 1 amide bonds. The first kappa shape index (κ1) is 14.8. The van der Waals surface area contributed by atoms with Crippen LogP contribution < -0.4 is 11.1 Å². The summed E-state index contributed by atoms with van der Waals surface area (Å²) in [5.74, 6) is 1.40. The van der Waals surface area contributed by atoms with Crippen molar-refractivity contribution in [1.82, 2.24) is 10.3 Å². The molecule has 0 atom stereocenters. The van der Waals surface area contributed by atoms with E-state index >= 15 is 0 Å². The number of nitrogens with two attached hydrogens (primary N) is 1. The molecule has 1 aromatic heterocycles. The van der Waals surface area contributed by atoms with Crippen molar-refractivity contribution in [2.24, 2.45) is 0 Å². The summed E-state index contributed by atoms with van der Waals surface area (Å²) in [6.45, 7) is 2.78. The number of rotatable bonds is 7. The van der Waals surface area contributed by atoms with Gasteiger partial charge < -0.3 is 11.1 Å². The van der Waals surface area contributed by atoms with Crippen molar-refractivity contribution >= 4 is 23.5 Å². The summed E-state index contributed by atoms with van der Waals surface area (Å²) in [5.41, 5.74) is 7.20. The molecule has 100 valence electrons. The predicted octanol–water partition coefficient (Wildman–Crippen LogP) is 2.10. The fourth-order valence-electron chi connectivity index (χ4n) is 1.65. The van der Waals surface area contributed by atoms with Crippen molar-refractivity contribution in [2.45, 2.75) is 26.2 Å². The van der Waals surface area contributed by atoms with E-state index in [1.807, 2.05) is 6.07 Å². The van der Waals surface area contributed by atoms with E-state index in [0.29, 0.717) is 17.9 Å². The first-order valence-electron chi connectivity index (χ1n) is 6.21. The fourth-order valence-corrected chi connectivity index (χ4v) is 2.08. The topological polar surface area (TPSA) is 68.0 Å². The Morgan fingerprint density at radius 2 is 2.28 bits per heavy atom. The molecule has 0 unspecified atom stereocenters. The van der Waals surface area contributed by atoms with Crippen LogP contribution in [0.5, 0.6) is 0 Å². The standard InChI is InChI=1S/C13H21N3OS/c1-3-5-11-8-10(9-12(14)16-11)13(17)15-6-4-7-18-2/h8-9H,3-7H2,1-2H3,(H2,14,16)(H,15,17). The average molecular weight is 267 g/mol. The van der Waals surface area contributed by atoms with Crippen molar-refractivity contribution in [2.75, 3.05) is 24.3 Å². The fraction of sp³-hybridized carbons (Fsp3) is 0.538. The van der Waals surface area contributed by atoms with Gasteiger partial charge in [0, 0.05) is 17.8 Å². The normalized spacial score (nSPS) is 10.3. The van der Waals surface area contributed by atoms with Gasteiger partial charge in [0.05, 0.1) is 0 Å². The molecule has 3 N–H and O–H groups in total. The summed E-state index contributed by atoms with van der Waals surface area (Å²) in [4.78, 5) is 16.1. The van der Waals surface area contributed by atoms with Crippen LogP contribution in [0.25, 0.3) is 0 Å². The molecule has 4 nitrogen and oxygen atoms in total. The number of aryl methyl sites for hydroxylation is 1. The highest BCUT2D eigenvalue weighted by Gasteiger charge is 2.08. The SMILES string of the molecule is CCCc1cc(C(=O)NCCCSC)cc(N)n1. The maximum Gasteiger partial charge on any atom is 0.251 e. The summed E-state index contributed by atoms with van der Waals surface area (Å²) < 4.78 is 0. The van der Waals surface area contributed by atoms with Gasteiger partial charge in [-0.1, -0.05) is 13.3 Å². The summed E-state index contributed by atoms with van der Waals surface area (Å²) in [7, 11) is 0. The minimum atomic E-state index is -0.0671. The third kappa shape index (κ3) is 4.96. The van der Waals surface area contributed by atoms with Crippen molar-refractivity contribution in [3.63, 3.8) is 0 Å². The molecule has 0 radical (unpaired) electrons. The molecule has 0 saturated carbocycles. The number of anilines is 1. The van der Waals surface area contributed by atoms with Crippen LogP contribution in [0.4, 0.5) is 5.82 Å². The largest absolute Gasteiger partial charge is 0.384 e. The molecule has 0 saturated heterocycles. The number of carbonyl (C=O) groups excluding carboxylic acids is 1. The Kier molecular flexibility index (Phi) is 6.57. The number of carbonyl (C=O) groups is 1. The first-order chi connectivity index (χ1) is 8.67. The summed E-state index contributed by atoms with van der Waals surface area (Å²) in [6, 6.07) is 3.45. The molecule has 0 spiro atoms. The smallest absolute Gasteiger partial charge is 0.251 e. The van der Waals surface area contributed by atoms with Gasteiger partial charge in [0.25, 0.3) is 5.91 Å². The molecular formula is C13H21N3OS. The molecule has 1 rings (SSSR count). The van der Waals surface area contributed by atoms with Gasteiger partial charge >= 0.3 is 0 Å². The zero-order chi connectivity index (χ0) is 13.4. The monoisotopic (exact) mass is 267 g/mol. The number of pyridine rings is 1. The van der Waals surface area contributed by atoms with Gasteiger partial charge in [-0.05, 0) is 37.0 Å². The summed E-state index contributed by atoms with van der Waals surface area (Å²) >= 11 is 1.78. The van der Waals surface area contributed by atoms with Crippen LogP contribution in [0.15, 0.2) is 12.1 Å². The van der Waals surface area contributed by atoms with Crippen molar-refractivity contribution in [3.05, 3.63) is 23.4 Å². The molecule has 0 aliphatic carbocycles. The van der Waals surface area contributed by atoms with Crippen LogP contribution in [-0.4, -0.2) is 29.4 Å². The highest BCUT2D eigenvalue weighted by Crippen LogP contribution is 2.09. The lowest BCUT2D eigenvalue weighted by molar-refractivity contribution is 0.0953. The summed E-state index contributed by atoms with van der Waals surface area (Å²) in [5, 5.41) is 2.89. The van der Waals surface area contributed by atoms with Crippen LogP contribution >= 0.6 is 11.8 Å². The molecule has 0 aromatic carbocycles. The molecule has 0 fully saturated rings. The lowest BCUT2D eigenvalue weighted by Crippen LogP contribution is -2.25. The van der Waals surface area contributed by atoms with Gasteiger partial charge in [-0.3, -0.25) is 4.79 Å². The van der Waals surface area contributed by atoms with Crippen LogP contribution in [0.3, 0.4) is 0 Å². The third-order valence-corrected chi connectivity index (χ3v) is 3.17. The van der Waals surface area contributed by atoms with E-state index in [2.05, 4.69) is 23.5 Å². The number of nitrogens with one attached hydrogen (secondary N) is 1. The second kappa shape index (κ2) is 7.97. The number of nitrogens with zero attached hydrogens (tertiary/aromatic N) is 1. The third-order valence-electron chi connectivity index (χ3n) is 2.48. The van der Waals surface area contributed by atoms with Crippen molar-refractivity contribution < 1.29 is 4.79 Å². The number of amides is 1. The quantitative estimate of drug-likeness (QED) is 0.742. The van der Waals surface area contributed by atoms with Crippen LogP contribution in [0.1, 0.15) is 35.8 Å². The number of hydrogen-bond donors (Lipinski definition) is 2. The summed E-state index contributed by atoms with van der Waals surface area (Å²) in [6.07, 6.45) is 4.88. The van der Waals surface area contributed by atoms with Gasteiger partial charge in [0.15, 0.2) is 0 Å². The van der Waals surface area contributed by atoms with Gasteiger partial charge in [0.2, 0.25) is 0 Å². The van der Waals surface area contributed by atoms with E-state index in [4.69, 9.17) is 5.73 Å². The number of nitrogen functional groups attached to an aromatic ring is 1. The molecule has 0 bridgehead atoms. The highest BCUT2D eigenvalue weighted by atomic mass is 32.2. The lowest BCUT2D eigenvalue weighted by Gasteiger charge is -2.07. The van der Waals surface area contributed by atoms with Gasteiger partial charge in [-0.2, -0.15) is 11.8 Å². The Bertz CT molecular complexity index is 396. The predicted molar refractivity (Wildman–Crippen MR) is 78.0 cm³/mol. The lowest BCUT2D eigenvalue weighted by atomic mass is 10.1. The molecule has 0 aliphatic heterocycles. The minimum Gasteiger partial charge on any atom is -0.384 e. The van der Waals surface area contributed by atoms with Crippen molar-refractivity contribution in [1.29, 1.82) is 0 Å². The first-order valence-corrected chi connectivity index (χ1v) is 7.60. The van der Waals surface area contributed by atoms with Crippen molar-refractivity contribution in [3.8, 4) is 0 Å². The Balaban J connectivity index is 2.61. The number of thioether (sulfide) groups is 1. The van der Waals surface area contributed by atoms with Gasteiger partial charge in [-0.15, -0.1) is 0 Å². The van der Waals surface area contributed by atoms with Gasteiger partial charge in [0.1, 0.15) is 5.82 Å². The zero-order valence-electron chi connectivity index (χ0n) is 11.0. The van der Waals surface area contributed by atoms with Gasteiger partial charge in [-0.25, -0.2) is 4.98 Å². The maximum atomic E-state index is 11.9. The molecule has 0 aliphatic rings. The Hall–Kier alpha value is -1.23. The number of hydrogen-bond acceptors (Lipinski definition) is 4. The minimum absolute atomic E-state index is 0.0671. The Morgan fingerprint density at radius 1 is 1.50 bits per heavy atom. The Morgan fingerprint density at radius 3 is 2.94 bits per heavy atom.